The molecule has 0 aromatic carbocycles. The van der Waals surface area contributed by atoms with Crippen molar-refractivity contribution in [1.29, 1.82) is 0 Å². The van der Waals surface area contributed by atoms with Gasteiger partial charge in [-0.15, -0.1) is 0 Å². The van der Waals surface area contributed by atoms with Crippen molar-refractivity contribution in [2.24, 2.45) is 5.41 Å². The summed E-state index contributed by atoms with van der Waals surface area (Å²) in [5.74, 6) is 0. The minimum atomic E-state index is -0.0102. The molecule has 0 radical (unpaired) electrons. The van der Waals surface area contributed by atoms with Crippen LogP contribution in [-0.2, 0) is 4.74 Å². The molecule has 0 atom stereocenters. The first-order chi connectivity index (χ1) is 6.05. The predicted octanol–water partition coefficient (Wildman–Crippen LogP) is 0.973. The maximum Gasteiger partial charge on any atom is 0.0589 e. The number of hydrogen-bond acceptors (Lipinski definition) is 3. The second kappa shape index (κ2) is 6.35. The second-order valence-electron chi connectivity index (χ2n) is 4.18. The van der Waals surface area contributed by atoms with Gasteiger partial charge in [-0.1, -0.05) is 20.8 Å². The molecule has 80 valence electrons. The lowest BCUT2D eigenvalue weighted by molar-refractivity contribution is 0.0849. The number of likely N-dealkylation sites (N-methyl/N-ethyl adjacent to an activating group) is 1. The van der Waals surface area contributed by atoms with Crippen molar-refractivity contribution in [3.05, 3.63) is 0 Å². The van der Waals surface area contributed by atoms with Crippen LogP contribution in [0.2, 0.25) is 0 Å². The van der Waals surface area contributed by atoms with E-state index >= 15 is 0 Å². The maximum absolute atomic E-state index is 9.11. The van der Waals surface area contributed by atoms with Gasteiger partial charge in [0.15, 0.2) is 0 Å². The monoisotopic (exact) mass is 189 g/mol. The molecule has 0 bridgehead atoms. The van der Waals surface area contributed by atoms with Gasteiger partial charge in [0, 0.05) is 32.2 Å². The molecule has 0 aromatic heterocycles. The fraction of sp³-hybridized carbons (Fsp3) is 1.00. The molecule has 0 aromatic rings. The minimum Gasteiger partial charge on any atom is -0.396 e. The SMILES string of the molecule is CCN(CCOC)CC(C)(C)CO. The van der Waals surface area contributed by atoms with E-state index in [1.807, 2.05) is 0 Å². The lowest BCUT2D eigenvalue weighted by atomic mass is 9.94. The molecule has 13 heavy (non-hydrogen) atoms. The summed E-state index contributed by atoms with van der Waals surface area (Å²) in [6.45, 7) is 10.1. The number of ether oxygens (including phenoxy) is 1. The Hall–Kier alpha value is -0.120. The first-order valence-corrected chi connectivity index (χ1v) is 4.88. The summed E-state index contributed by atoms with van der Waals surface area (Å²) in [4.78, 5) is 2.29. The maximum atomic E-state index is 9.11. The van der Waals surface area contributed by atoms with Gasteiger partial charge in [0.2, 0.25) is 0 Å². The Bertz CT molecular complexity index is 126. The van der Waals surface area contributed by atoms with Crippen LogP contribution < -0.4 is 0 Å². The van der Waals surface area contributed by atoms with Crippen LogP contribution in [0.1, 0.15) is 20.8 Å². The standard InChI is InChI=1S/C10H23NO2/c1-5-11(6-7-13-4)8-10(2,3)9-12/h12H,5-9H2,1-4H3. The van der Waals surface area contributed by atoms with Gasteiger partial charge in [-0.3, -0.25) is 0 Å². The van der Waals surface area contributed by atoms with Crippen molar-refractivity contribution in [1.82, 2.24) is 4.90 Å². The van der Waals surface area contributed by atoms with Crippen molar-refractivity contribution in [3.63, 3.8) is 0 Å². The zero-order valence-corrected chi connectivity index (χ0v) is 9.34. The number of aliphatic hydroxyl groups excluding tert-OH is 1. The van der Waals surface area contributed by atoms with Crippen molar-refractivity contribution < 1.29 is 9.84 Å². The molecule has 0 spiro atoms. The summed E-state index contributed by atoms with van der Waals surface area (Å²) in [6.07, 6.45) is 0. The Labute approximate surface area is 81.7 Å². The van der Waals surface area contributed by atoms with Crippen molar-refractivity contribution in [3.8, 4) is 0 Å². The molecule has 0 aliphatic rings. The van der Waals surface area contributed by atoms with Gasteiger partial charge < -0.3 is 14.7 Å². The lowest BCUT2D eigenvalue weighted by Gasteiger charge is -2.30. The molecule has 0 aliphatic carbocycles. The highest BCUT2D eigenvalue weighted by Crippen LogP contribution is 2.15. The quantitative estimate of drug-likeness (QED) is 0.648. The fourth-order valence-electron chi connectivity index (χ4n) is 1.22. The van der Waals surface area contributed by atoms with Crippen molar-refractivity contribution in [2.75, 3.05) is 40.0 Å². The first-order valence-electron chi connectivity index (χ1n) is 4.88. The summed E-state index contributed by atoms with van der Waals surface area (Å²) in [5.41, 5.74) is -0.0102. The second-order valence-corrected chi connectivity index (χ2v) is 4.18. The average Bonchev–Trinajstić information content (AvgIpc) is 2.12. The molecule has 3 heteroatoms. The van der Waals surface area contributed by atoms with E-state index in [1.54, 1.807) is 7.11 Å². The fourth-order valence-corrected chi connectivity index (χ4v) is 1.22. The van der Waals surface area contributed by atoms with Crippen LogP contribution in [0.3, 0.4) is 0 Å². The van der Waals surface area contributed by atoms with E-state index in [4.69, 9.17) is 9.84 Å². The van der Waals surface area contributed by atoms with Crippen LogP contribution in [0, 0.1) is 5.41 Å². The summed E-state index contributed by atoms with van der Waals surface area (Å²) in [5, 5.41) is 9.11. The van der Waals surface area contributed by atoms with Crippen LogP contribution in [0.25, 0.3) is 0 Å². The largest absolute Gasteiger partial charge is 0.396 e. The van der Waals surface area contributed by atoms with Gasteiger partial charge in [0.25, 0.3) is 0 Å². The van der Waals surface area contributed by atoms with E-state index in [2.05, 4.69) is 25.7 Å². The highest BCUT2D eigenvalue weighted by Gasteiger charge is 2.19. The van der Waals surface area contributed by atoms with Gasteiger partial charge in [0.1, 0.15) is 0 Å². The molecule has 0 saturated heterocycles. The van der Waals surface area contributed by atoms with Crippen LogP contribution in [-0.4, -0.2) is 50.0 Å². The normalized spacial score (nSPS) is 12.5. The molecular weight excluding hydrogens is 166 g/mol. The summed E-state index contributed by atoms with van der Waals surface area (Å²) in [7, 11) is 1.71. The molecular formula is C10H23NO2. The highest BCUT2D eigenvalue weighted by molar-refractivity contribution is 4.72. The van der Waals surface area contributed by atoms with Gasteiger partial charge >= 0.3 is 0 Å². The molecule has 0 fully saturated rings. The topological polar surface area (TPSA) is 32.7 Å². The van der Waals surface area contributed by atoms with Crippen LogP contribution in [0.4, 0.5) is 0 Å². The highest BCUT2D eigenvalue weighted by atomic mass is 16.5. The van der Waals surface area contributed by atoms with Gasteiger partial charge in [-0.2, -0.15) is 0 Å². The Kier molecular flexibility index (Phi) is 6.29. The van der Waals surface area contributed by atoms with E-state index in [0.717, 1.165) is 26.2 Å². The summed E-state index contributed by atoms with van der Waals surface area (Å²) < 4.78 is 5.02. The number of methoxy groups -OCH3 is 1. The number of aliphatic hydroxyl groups is 1. The van der Waals surface area contributed by atoms with E-state index in [0.29, 0.717) is 0 Å². The molecule has 0 saturated carbocycles. The molecule has 0 heterocycles. The third-order valence-corrected chi connectivity index (χ3v) is 2.14. The molecule has 1 N–H and O–H groups in total. The third-order valence-electron chi connectivity index (χ3n) is 2.14. The number of rotatable bonds is 7. The molecule has 0 amide bonds. The third kappa shape index (κ3) is 6.02. The van der Waals surface area contributed by atoms with Gasteiger partial charge in [-0.05, 0) is 6.54 Å². The lowest BCUT2D eigenvalue weighted by Crippen LogP contribution is -2.38. The van der Waals surface area contributed by atoms with E-state index < -0.39 is 0 Å². The van der Waals surface area contributed by atoms with Crippen molar-refractivity contribution >= 4 is 0 Å². The smallest absolute Gasteiger partial charge is 0.0589 e. The van der Waals surface area contributed by atoms with Crippen molar-refractivity contribution in [2.45, 2.75) is 20.8 Å². The molecule has 0 unspecified atom stereocenters. The van der Waals surface area contributed by atoms with Gasteiger partial charge in [0.05, 0.1) is 6.61 Å². The Balaban J connectivity index is 3.82. The first kappa shape index (κ1) is 12.9. The van der Waals surface area contributed by atoms with Crippen LogP contribution >= 0.6 is 0 Å². The Morgan fingerprint density at radius 2 is 2.00 bits per heavy atom. The zero-order valence-electron chi connectivity index (χ0n) is 9.34. The van der Waals surface area contributed by atoms with E-state index in [9.17, 15) is 0 Å². The Morgan fingerprint density at radius 1 is 1.38 bits per heavy atom. The average molecular weight is 189 g/mol. The van der Waals surface area contributed by atoms with E-state index in [-0.39, 0.29) is 12.0 Å². The minimum absolute atomic E-state index is 0.0102. The molecule has 3 nitrogen and oxygen atoms in total. The molecule has 0 aliphatic heterocycles. The number of hydrogen-bond donors (Lipinski definition) is 1. The van der Waals surface area contributed by atoms with Crippen LogP contribution in [0.15, 0.2) is 0 Å². The van der Waals surface area contributed by atoms with Crippen LogP contribution in [0.5, 0.6) is 0 Å². The number of nitrogens with zero attached hydrogens (tertiary/aromatic N) is 1. The predicted molar refractivity (Wildman–Crippen MR) is 54.9 cm³/mol. The summed E-state index contributed by atoms with van der Waals surface area (Å²) >= 11 is 0. The zero-order chi connectivity index (χ0) is 10.3. The molecule has 0 rings (SSSR count). The van der Waals surface area contributed by atoms with Gasteiger partial charge in [-0.25, -0.2) is 0 Å². The Morgan fingerprint density at radius 3 is 2.38 bits per heavy atom. The van der Waals surface area contributed by atoms with E-state index in [1.165, 1.54) is 0 Å². The summed E-state index contributed by atoms with van der Waals surface area (Å²) in [6, 6.07) is 0.